The highest BCUT2D eigenvalue weighted by molar-refractivity contribution is 5.21. The van der Waals surface area contributed by atoms with Gasteiger partial charge in [-0.2, -0.15) is 15.8 Å². The first-order valence-corrected chi connectivity index (χ1v) is 1.41. The van der Waals surface area contributed by atoms with Gasteiger partial charge in [-0.25, -0.2) is 0 Å². The Morgan fingerprint density at radius 1 is 1.67 bits per heavy atom. The van der Waals surface area contributed by atoms with Crippen LogP contribution in [0.1, 0.15) is 0 Å². The van der Waals surface area contributed by atoms with Crippen LogP contribution in [-0.2, 0) is 0 Å². The second-order valence-corrected chi connectivity index (χ2v) is 0.558. The Kier molecular flexibility index (Phi) is 3.44. The van der Waals surface area contributed by atoms with Gasteiger partial charge in [-0.3, -0.25) is 0 Å². The minimum Gasteiger partial charge on any atom is -0.180 e. The molecule has 0 aromatic carbocycles. The largest absolute Gasteiger partial charge is 0.180 e. The van der Waals surface area contributed by atoms with Gasteiger partial charge < -0.3 is 0 Å². The molecule has 0 heterocycles. The SMILES string of the molecule is C=NNN=NC. The van der Waals surface area contributed by atoms with E-state index in [1.807, 2.05) is 0 Å². The van der Waals surface area contributed by atoms with Gasteiger partial charge in [0.05, 0.1) is 7.05 Å². The van der Waals surface area contributed by atoms with E-state index in [1.165, 1.54) is 7.05 Å². The van der Waals surface area contributed by atoms with Crippen LogP contribution in [0, 0.1) is 0 Å². The number of rotatable bonds is 2. The zero-order chi connectivity index (χ0) is 4.83. The second-order valence-electron chi connectivity index (χ2n) is 0.558. The summed E-state index contributed by atoms with van der Waals surface area (Å²) in [6.45, 7) is 3.08. The van der Waals surface area contributed by atoms with E-state index in [2.05, 4.69) is 27.7 Å². The van der Waals surface area contributed by atoms with Crippen molar-refractivity contribution in [3.8, 4) is 0 Å². The third-order valence-electron chi connectivity index (χ3n) is 0.215. The summed E-state index contributed by atoms with van der Waals surface area (Å²) in [4.78, 5) is 0. The van der Waals surface area contributed by atoms with Gasteiger partial charge in [0, 0.05) is 6.72 Å². The van der Waals surface area contributed by atoms with Crippen molar-refractivity contribution < 1.29 is 0 Å². The van der Waals surface area contributed by atoms with Crippen LogP contribution in [0.25, 0.3) is 0 Å². The average Bonchev–Trinajstić information content (AvgIpc) is 1.61. The highest BCUT2D eigenvalue weighted by Gasteiger charge is 1.51. The van der Waals surface area contributed by atoms with Crippen LogP contribution < -0.4 is 5.53 Å². The third-order valence-corrected chi connectivity index (χ3v) is 0.215. The fraction of sp³-hybridized carbons (Fsp3) is 0.500. The molecule has 0 aliphatic heterocycles. The summed E-state index contributed by atoms with van der Waals surface area (Å²) in [6.07, 6.45) is 0. The Balaban J connectivity index is 2.85. The molecule has 1 N–H and O–H groups in total. The normalized spacial score (nSPS) is 8.83. The predicted octanol–water partition coefficient (Wildman–Crippen LogP) is 0.189. The topological polar surface area (TPSA) is 49.1 Å². The van der Waals surface area contributed by atoms with Crippen molar-refractivity contribution in [1.29, 1.82) is 0 Å². The van der Waals surface area contributed by atoms with Crippen molar-refractivity contribution in [2.24, 2.45) is 15.4 Å². The number of nitrogens with zero attached hydrogens (tertiary/aromatic N) is 3. The summed E-state index contributed by atoms with van der Waals surface area (Å²) >= 11 is 0. The van der Waals surface area contributed by atoms with E-state index in [0.717, 1.165) is 0 Å². The molecule has 0 unspecified atom stereocenters. The van der Waals surface area contributed by atoms with Gasteiger partial charge in [-0.15, -0.1) is 0 Å². The fourth-order valence-corrected chi connectivity index (χ4v) is 0.0763. The van der Waals surface area contributed by atoms with Gasteiger partial charge in [-0.05, 0) is 0 Å². The molecule has 34 valence electrons. The van der Waals surface area contributed by atoms with E-state index in [0.29, 0.717) is 0 Å². The summed E-state index contributed by atoms with van der Waals surface area (Å²) in [7, 11) is 1.54. The molecule has 0 radical (unpaired) electrons. The predicted molar refractivity (Wildman–Crippen MR) is 23.5 cm³/mol. The molecule has 0 aromatic rings. The molecule has 0 amide bonds. The highest BCUT2D eigenvalue weighted by atomic mass is 15.6. The lowest BCUT2D eigenvalue weighted by molar-refractivity contribution is 0.744. The van der Waals surface area contributed by atoms with Gasteiger partial charge in [0.15, 0.2) is 0 Å². The minimum absolute atomic E-state index is 1.54. The smallest absolute Gasteiger partial charge is 0.0509 e. The maximum Gasteiger partial charge on any atom is 0.0509 e. The van der Waals surface area contributed by atoms with Gasteiger partial charge in [0.1, 0.15) is 0 Å². The molecule has 0 saturated carbocycles. The van der Waals surface area contributed by atoms with Gasteiger partial charge in [0.25, 0.3) is 0 Å². The average molecular weight is 86.1 g/mol. The summed E-state index contributed by atoms with van der Waals surface area (Å²) in [5.41, 5.74) is 2.17. The molecule has 0 rings (SSSR count). The molecule has 0 aliphatic rings. The Morgan fingerprint density at radius 2 is 2.33 bits per heavy atom. The van der Waals surface area contributed by atoms with Crippen molar-refractivity contribution in [2.45, 2.75) is 0 Å². The van der Waals surface area contributed by atoms with Crippen LogP contribution in [0.4, 0.5) is 0 Å². The number of hydrogen-bond acceptors (Lipinski definition) is 3. The molecular weight excluding hydrogens is 80.0 g/mol. The Morgan fingerprint density at radius 3 is 2.50 bits per heavy atom. The van der Waals surface area contributed by atoms with Crippen LogP contribution in [-0.4, -0.2) is 13.8 Å². The molecule has 6 heavy (non-hydrogen) atoms. The molecule has 0 spiro atoms. The van der Waals surface area contributed by atoms with Crippen molar-refractivity contribution >= 4 is 6.72 Å². The highest BCUT2D eigenvalue weighted by Crippen LogP contribution is 1.55. The maximum atomic E-state index is 3.31. The maximum absolute atomic E-state index is 3.31. The number of nitrogens with one attached hydrogen (secondary N) is 1. The molecule has 0 bridgehead atoms. The quantitative estimate of drug-likeness (QED) is 0.291. The zero-order valence-corrected chi connectivity index (χ0v) is 3.55. The second kappa shape index (κ2) is 4.07. The lowest BCUT2D eigenvalue weighted by Gasteiger charge is -1.76. The molecule has 4 nitrogen and oxygen atoms in total. The van der Waals surface area contributed by atoms with Crippen molar-refractivity contribution in [1.82, 2.24) is 5.53 Å². The molecule has 0 aromatic heterocycles. The van der Waals surface area contributed by atoms with Crippen LogP contribution >= 0.6 is 0 Å². The first-order valence-electron chi connectivity index (χ1n) is 1.41. The summed E-state index contributed by atoms with van der Waals surface area (Å²) in [5.74, 6) is 0. The van der Waals surface area contributed by atoms with E-state index in [4.69, 9.17) is 0 Å². The Labute approximate surface area is 35.9 Å². The van der Waals surface area contributed by atoms with Crippen molar-refractivity contribution in [2.75, 3.05) is 7.05 Å². The number of hydrazone groups is 1. The van der Waals surface area contributed by atoms with E-state index < -0.39 is 0 Å². The third kappa shape index (κ3) is 3.07. The molecule has 0 atom stereocenters. The van der Waals surface area contributed by atoms with Gasteiger partial charge >= 0.3 is 0 Å². The van der Waals surface area contributed by atoms with E-state index in [9.17, 15) is 0 Å². The summed E-state index contributed by atoms with van der Waals surface area (Å²) < 4.78 is 0. The Bertz CT molecular complexity index is 56.6. The monoisotopic (exact) mass is 86.1 g/mol. The van der Waals surface area contributed by atoms with Crippen LogP contribution in [0.5, 0.6) is 0 Å². The van der Waals surface area contributed by atoms with E-state index in [-0.39, 0.29) is 0 Å². The fourth-order valence-electron chi connectivity index (χ4n) is 0.0763. The first-order chi connectivity index (χ1) is 2.91. The van der Waals surface area contributed by atoms with Crippen molar-refractivity contribution in [3.63, 3.8) is 0 Å². The first kappa shape index (κ1) is 5.07. The van der Waals surface area contributed by atoms with E-state index in [1.54, 1.807) is 0 Å². The summed E-state index contributed by atoms with van der Waals surface area (Å²) in [6, 6.07) is 0. The van der Waals surface area contributed by atoms with Crippen LogP contribution in [0.15, 0.2) is 15.4 Å². The molecule has 0 aliphatic carbocycles. The van der Waals surface area contributed by atoms with Gasteiger partial charge in [0.2, 0.25) is 0 Å². The lowest BCUT2D eigenvalue weighted by Crippen LogP contribution is -1.87. The molecule has 0 saturated heterocycles. The number of hydrogen-bond donors (Lipinski definition) is 1. The summed E-state index contributed by atoms with van der Waals surface area (Å²) in [5, 5.41) is 9.71. The standard InChI is InChI=1S/C2H6N4/c1-3-5-6-4-2/h1H2,2H3,(H,4,5). The van der Waals surface area contributed by atoms with Crippen LogP contribution in [0.2, 0.25) is 0 Å². The van der Waals surface area contributed by atoms with Crippen molar-refractivity contribution in [3.05, 3.63) is 0 Å². The molecular formula is C2H6N4. The minimum atomic E-state index is 1.54. The molecule has 0 fully saturated rings. The van der Waals surface area contributed by atoms with Gasteiger partial charge in [-0.1, -0.05) is 5.22 Å². The Hall–Kier alpha value is -0.930. The van der Waals surface area contributed by atoms with E-state index >= 15 is 0 Å². The zero-order valence-electron chi connectivity index (χ0n) is 3.55. The molecule has 4 heteroatoms. The van der Waals surface area contributed by atoms with Crippen LogP contribution in [0.3, 0.4) is 0 Å². The lowest BCUT2D eigenvalue weighted by atomic mass is 11.6.